The molecule has 0 spiro atoms. The molecule has 0 heterocycles. The Kier molecular flexibility index (Phi) is 7.01. The molecule has 132 valence electrons. The van der Waals surface area contributed by atoms with E-state index in [1.54, 1.807) is 30.3 Å². The second-order valence-electron chi connectivity index (χ2n) is 5.61. The molecule has 0 aromatic heterocycles. The molecule has 2 rings (SSSR count). The normalized spacial score (nSPS) is 10.2. The van der Waals surface area contributed by atoms with Gasteiger partial charge in [0.15, 0.2) is 0 Å². The second-order valence-corrected chi connectivity index (χ2v) is 5.61. The van der Waals surface area contributed by atoms with Crippen molar-refractivity contribution in [2.75, 3.05) is 17.2 Å². The van der Waals surface area contributed by atoms with Crippen molar-refractivity contribution in [1.82, 2.24) is 0 Å². The smallest absolute Gasteiger partial charge is 0.255 e. The Morgan fingerprint density at radius 3 is 2.36 bits per heavy atom. The molecule has 5 heteroatoms. The van der Waals surface area contributed by atoms with E-state index in [1.807, 2.05) is 32.0 Å². The van der Waals surface area contributed by atoms with E-state index in [0.717, 1.165) is 12.8 Å². The van der Waals surface area contributed by atoms with E-state index in [9.17, 15) is 9.59 Å². The summed E-state index contributed by atoms with van der Waals surface area (Å²) in [5.41, 5.74) is 1.83. The molecule has 0 fully saturated rings. The summed E-state index contributed by atoms with van der Waals surface area (Å²) in [5.74, 6) is 0.402. The number of para-hydroxylation sites is 2. The Hall–Kier alpha value is -2.82. The van der Waals surface area contributed by atoms with Gasteiger partial charge in [0, 0.05) is 17.7 Å². The topological polar surface area (TPSA) is 67.4 Å². The predicted molar refractivity (Wildman–Crippen MR) is 100 cm³/mol. The van der Waals surface area contributed by atoms with Crippen LogP contribution in [0.15, 0.2) is 48.5 Å². The predicted octanol–water partition coefficient (Wildman–Crippen LogP) is 4.47. The van der Waals surface area contributed by atoms with E-state index in [1.165, 1.54) is 0 Å². The minimum atomic E-state index is -0.226. The molecule has 0 atom stereocenters. The van der Waals surface area contributed by atoms with E-state index in [0.29, 0.717) is 35.7 Å². The quantitative estimate of drug-likeness (QED) is 0.745. The lowest BCUT2D eigenvalue weighted by atomic mass is 10.1. The first kappa shape index (κ1) is 18.5. The van der Waals surface area contributed by atoms with Crippen molar-refractivity contribution in [3.63, 3.8) is 0 Å². The van der Waals surface area contributed by atoms with Gasteiger partial charge in [-0.05, 0) is 49.7 Å². The van der Waals surface area contributed by atoms with E-state index < -0.39 is 0 Å². The molecule has 0 aliphatic rings. The third kappa shape index (κ3) is 5.64. The summed E-state index contributed by atoms with van der Waals surface area (Å²) in [6.07, 6.45) is 2.36. The summed E-state index contributed by atoms with van der Waals surface area (Å²) in [6, 6.07) is 14.1. The lowest BCUT2D eigenvalue weighted by molar-refractivity contribution is -0.116. The van der Waals surface area contributed by atoms with Gasteiger partial charge in [0.2, 0.25) is 5.91 Å². The van der Waals surface area contributed by atoms with Crippen LogP contribution in [0.25, 0.3) is 0 Å². The fraction of sp³-hybridized carbons (Fsp3) is 0.300. The van der Waals surface area contributed by atoms with Crippen molar-refractivity contribution in [3.8, 4) is 5.75 Å². The first-order valence-electron chi connectivity index (χ1n) is 8.57. The summed E-state index contributed by atoms with van der Waals surface area (Å²) >= 11 is 0. The summed E-state index contributed by atoms with van der Waals surface area (Å²) in [5, 5.41) is 5.68. The van der Waals surface area contributed by atoms with Gasteiger partial charge in [-0.25, -0.2) is 0 Å². The van der Waals surface area contributed by atoms with Gasteiger partial charge in [-0.15, -0.1) is 0 Å². The van der Waals surface area contributed by atoms with Crippen LogP contribution in [-0.2, 0) is 4.79 Å². The molecule has 2 N–H and O–H groups in total. The third-order valence-electron chi connectivity index (χ3n) is 3.62. The number of benzene rings is 2. The molecule has 2 aromatic rings. The maximum atomic E-state index is 12.4. The molecule has 25 heavy (non-hydrogen) atoms. The van der Waals surface area contributed by atoms with E-state index in [-0.39, 0.29) is 11.8 Å². The molecule has 0 saturated heterocycles. The van der Waals surface area contributed by atoms with Gasteiger partial charge in [0.1, 0.15) is 5.75 Å². The number of hydrogen-bond donors (Lipinski definition) is 2. The molecule has 5 nitrogen and oxygen atoms in total. The first-order chi connectivity index (χ1) is 12.1. The van der Waals surface area contributed by atoms with Crippen LogP contribution in [0.5, 0.6) is 5.75 Å². The Morgan fingerprint density at radius 1 is 0.960 bits per heavy atom. The van der Waals surface area contributed by atoms with Crippen LogP contribution >= 0.6 is 0 Å². The summed E-state index contributed by atoms with van der Waals surface area (Å²) in [4.78, 5) is 24.1. The minimum absolute atomic E-state index is 0.00954. The van der Waals surface area contributed by atoms with Crippen molar-refractivity contribution < 1.29 is 14.3 Å². The number of anilines is 2. The summed E-state index contributed by atoms with van der Waals surface area (Å²) in [7, 11) is 0. The van der Waals surface area contributed by atoms with Crippen LogP contribution in [0, 0.1) is 0 Å². The highest BCUT2D eigenvalue weighted by Gasteiger charge is 2.10. The number of ether oxygens (including phenoxy) is 1. The first-order valence-corrected chi connectivity index (χ1v) is 8.57. The Morgan fingerprint density at radius 2 is 1.68 bits per heavy atom. The number of unbranched alkanes of at least 4 members (excludes halogenated alkanes) is 1. The van der Waals surface area contributed by atoms with E-state index in [2.05, 4.69) is 10.6 Å². The zero-order valence-corrected chi connectivity index (χ0v) is 14.7. The average Bonchev–Trinajstić information content (AvgIpc) is 2.62. The van der Waals surface area contributed by atoms with Gasteiger partial charge < -0.3 is 15.4 Å². The van der Waals surface area contributed by atoms with Gasteiger partial charge in [-0.2, -0.15) is 0 Å². The Labute approximate surface area is 148 Å². The maximum Gasteiger partial charge on any atom is 0.255 e. The summed E-state index contributed by atoms with van der Waals surface area (Å²) in [6.45, 7) is 4.47. The number of amides is 2. The van der Waals surface area contributed by atoms with Crippen molar-refractivity contribution in [1.29, 1.82) is 0 Å². The largest absolute Gasteiger partial charge is 0.492 e. The monoisotopic (exact) mass is 340 g/mol. The average molecular weight is 340 g/mol. The van der Waals surface area contributed by atoms with Crippen LogP contribution < -0.4 is 15.4 Å². The van der Waals surface area contributed by atoms with Crippen molar-refractivity contribution in [3.05, 3.63) is 54.1 Å². The third-order valence-corrected chi connectivity index (χ3v) is 3.62. The molecule has 0 radical (unpaired) electrons. The minimum Gasteiger partial charge on any atom is -0.492 e. The van der Waals surface area contributed by atoms with Gasteiger partial charge in [0.05, 0.1) is 12.3 Å². The molecule has 0 saturated carbocycles. The molecule has 2 aromatic carbocycles. The van der Waals surface area contributed by atoms with Crippen LogP contribution in [-0.4, -0.2) is 18.4 Å². The van der Waals surface area contributed by atoms with Gasteiger partial charge in [-0.1, -0.05) is 25.5 Å². The molecule has 0 aliphatic heterocycles. The SMILES string of the molecule is CCCCC(=O)Nc1ccc(C(=O)Nc2ccccc2OCC)cc1. The number of carbonyl (C=O) groups is 2. The highest BCUT2D eigenvalue weighted by Crippen LogP contribution is 2.24. The lowest BCUT2D eigenvalue weighted by Crippen LogP contribution is -2.14. The fourth-order valence-corrected chi connectivity index (χ4v) is 2.31. The van der Waals surface area contributed by atoms with Crippen molar-refractivity contribution in [2.45, 2.75) is 33.1 Å². The van der Waals surface area contributed by atoms with Crippen LogP contribution in [0.1, 0.15) is 43.5 Å². The number of hydrogen-bond acceptors (Lipinski definition) is 3. The highest BCUT2D eigenvalue weighted by atomic mass is 16.5. The zero-order chi connectivity index (χ0) is 18.1. The second kappa shape index (κ2) is 9.47. The standard InChI is InChI=1S/C20H24N2O3/c1-3-5-10-19(23)21-16-13-11-15(12-14-16)20(24)22-17-8-6-7-9-18(17)25-4-2/h6-9,11-14H,3-5,10H2,1-2H3,(H,21,23)(H,22,24). The molecule has 0 aliphatic carbocycles. The Balaban J connectivity index is 2.00. The Bertz CT molecular complexity index is 711. The maximum absolute atomic E-state index is 12.4. The van der Waals surface area contributed by atoms with E-state index in [4.69, 9.17) is 4.74 Å². The van der Waals surface area contributed by atoms with Crippen LogP contribution in [0.4, 0.5) is 11.4 Å². The number of nitrogens with one attached hydrogen (secondary N) is 2. The van der Waals surface area contributed by atoms with Crippen LogP contribution in [0.3, 0.4) is 0 Å². The fourth-order valence-electron chi connectivity index (χ4n) is 2.31. The molecule has 0 bridgehead atoms. The zero-order valence-electron chi connectivity index (χ0n) is 14.7. The van der Waals surface area contributed by atoms with Gasteiger partial charge in [0.25, 0.3) is 5.91 Å². The summed E-state index contributed by atoms with van der Waals surface area (Å²) < 4.78 is 5.51. The van der Waals surface area contributed by atoms with Crippen molar-refractivity contribution >= 4 is 23.2 Å². The number of rotatable bonds is 8. The van der Waals surface area contributed by atoms with Gasteiger partial charge >= 0.3 is 0 Å². The van der Waals surface area contributed by atoms with Gasteiger partial charge in [-0.3, -0.25) is 9.59 Å². The van der Waals surface area contributed by atoms with E-state index >= 15 is 0 Å². The molecule has 2 amide bonds. The van der Waals surface area contributed by atoms with Crippen molar-refractivity contribution in [2.24, 2.45) is 0 Å². The van der Waals surface area contributed by atoms with Crippen LogP contribution in [0.2, 0.25) is 0 Å². The molecular formula is C20H24N2O3. The highest BCUT2D eigenvalue weighted by molar-refractivity contribution is 6.05. The number of carbonyl (C=O) groups excluding carboxylic acids is 2. The molecule has 0 unspecified atom stereocenters. The molecular weight excluding hydrogens is 316 g/mol. The lowest BCUT2D eigenvalue weighted by Gasteiger charge is -2.11.